The lowest BCUT2D eigenvalue weighted by Gasteiger charge is -2.09. The Bertz CT molecular complexity index is 506. The third-order valence-corrected chi connectivity index (χ3v) is 4.65. The quantitative estimate of drug-likeness (QED) is 0.767. The van der Waals surface area contributed by atoms with Crippen LogP contribution in [0.4, 0.5) is 0 Å². The van der Waals surface area contributed by atoms with Crippen LogP contribution >= 0.6 is 27.7 Å². The number of nitrogens with one attached hydrogen (secondary N) is 2. The van der Waals surface area contributed by atoms with E-state index in [0.29, 0.717) is 12.3 Å². The lowest BCUT2D eigenvalue weighted by atomic mass is 10.2. The number of aryl methyl sites for hydroxylation is 2. The third-order valence-electron chi connectivity index (χ3n) is 2.64. The van der Waals surface area contributed by atoms with Crippen molar-refractivity contribution in [3.05, 3.63) is 27.7 Å². The number of halogens is 1. The molecule has 0 saturated carbocycles. The minimum atomic E-state index is -0.165. The van der Waals surface area contributed by atoms with Crippen molar-refractivity contribution in [2.75, 3.05) is 18.8 Å². The Hall–Kier alpha value is -1.01. The van der Waals surface area contributed by atoms with Gasteiger partial charge >= 0.3 is 0 Å². The highest BCUT2D eigenvalue weighted by Crippen LogP contribution is 2.28. The molecule has 0 heterocycles. The molecule has 20 heavy (non-hydrogen) atoms. The summed E-state index contributed by atoms with van der Waals surface area (Å²) in [6, 6.07) is 4.10. The van der Waals surface area contributed by atoms with Gasteiger partial charge in [0.05, 0.1) is 12.3 Å². The van der Waals surface area contributed by atoms with Crippen LogP contribution in [0.2, 0.25) is 0 Å². The zero-order valence-electron chi connectivity index (χ0n) is 11.9. The molecule has 6 heteroatoms. The average molecular weight is 359 g/mol. The number of hydrogen-bond acceptors (Lipinski definition) is 3. The zero-order valence-corrected chi connectivity index (χ0v) is 14.3. The van der Waals surface area contributed by atoms with Gasteiger partial charge < -0.3 is 10.6 Å². The molecule has 110 valence electrons. The molecule has 0 aromatic heterocycles. The Kier molecular flexibility index (Phi) is 7.09. The minimum Gasteiger partial charge on any atom is -0.355 e. The van der Waals surface area contributed by atoms with Crippen LogP contribution in [-0.2, 0) is 9.59 Å². The van der Waals surface area contributed by atoms with Crippen molar-refractivity contribution in [2.24, 2.45) is 0 Å². The molecule has 0 fully saturated rings. The summed E-state index contributed by atoms with van der Waals surface area (Å²) in [5.74, 6) is 0.00385. The van der Waals surface area contributed by atoms with E-state index in [1.54, 1.807) is 0 Å². The van der Waals surface area contributed by atoms with Crippen LogP contribution in [0.5, 0.6) is 0 Å². The van der Waals surface area contributed by atoms with Crippen LogP contribution in [0.15, 0.2) is 21.5 Å². The Labute approximate surface area is 132 Å². The first-order valence-corrected chi connectivity index (χ1v) is 8.14. The molecule has 0 aliphatic rings. The summed E-state index contributed by atoms with van der Waals surface area (Å²) in [4.78, 5) is 24.0. The van der Waals surface area contributed by atoms with Gasteiger partial charge in [0.15, 0.2) is 0 Å². The van der Waals surface area contributed by atoms with Crippen LogP contribution in [-0.4, -0.2) is 30.7 Å². The number of thioether (sulfide) groups is 1. The molecule has 2 amide bonds. The molecule has 4 nitrogen and oxygen atoms in total. The fourth-order valence-corrected chi connectivity index (χ4v) is 2.94. The molecule has 1 rings (SSSR count). The molecule has 0 aliphatic heterocycles. The van der Waals surface area contributed by atoms with Gasteiger partial charge in [0.2, 0.25) is 11.8 Å². The van der Waals surface area contributed by atoms with Crippen molar-refractivity contribution in [3.8, 4) is 0 Å². The third kappa shape index (κ3) is 5.54. The summed E-state index contributed by atoms with van der Waals surface area (Å²) < 4.78 is 1.07. The highest BCUT2D eigenvalue weighted by molar-refractivity contribution is 9.10. The summed E-state index contributed by atoms with van der Waals surface area (Å²) >= 11 is 4.96. The zero-order chi connectivity index (χ0) is 15.1. The highest BCUT2D eigenvalue weighted by Gasteiger charge is 2.08. The maximum Gasteiger partial charge on any atom is 0.239 e. The molecule has 0 radical (unpaired) electrons. The van der Waals surface area contributed by atoms with Crippen LogP contribution < -0.4 is 10.6 Å². The molecular weight excluding hydrogens is 340 g/mol. The van der Waals surface area contributed by atoms with Gasteiger partial charge in [0.25, 0.3) is 0 Å². The summed E-state index contributed by atoms with van der Waals surface area (Å²) in [5, 5.41) is 5.23. The van der Waals surface area contributed by atoms with Gasteiger partial charge in [-0.25, -0.2) is 0 Å². The second kappa shape index (κ2) is 8.32. The van der Waals surface area contributed by atoms with E-state index in [4.69, 9.17) is 0 Å². The first-order valence-electron chi connectivity index (χ1n) is 6.37. The number of likely N-dealkylation sites (N-methyl/N-ethyl adjacent to an activating group) is 1. The maximum atomic E-state index is 11.7. The molecular formula is C14H19BrN2O2S. The Morgan fingerprint density at radius 3 is 2.50 bits per heavy atom. The number of carbonyl (C=O) groups excluding carboxylic acids is 2. The predicted octanol–water partition coefficient (Wildman–Crippen LogP) is 2.41. The molecule has 1 aromatic carbocycles. The largest absolute Gasteiger partial charge is 0.355 e. The number of rotatable bonds is 6. The fourth-order valence-electron chi connectivity index (χ4n) is 1.54. The van der Waals surface area contributed by atoms with Crippen molar-refractivity contribution >= 4 is 39.5 Å². The second-order valence-electron chi connectivity index (χ2n) is 4.39. The molecule has 1 aromatic rings. The molecule has 2 N–H and O–H groups in total. The monoisotopic (exact) mass is 358 g/mol. The van der Waals surface area contributed by atoms with Gasteiger partial charge in [0, 0.05) is 15.9 Å². The van der Waals surface area contributed by atoms with E-state index in [1.165, 1.54) is 11.8 Å². The topological polar surface area (TPSA) is 58.2 Å². The Morgan fingerprint density at radius 1 is 1.15 bits per heavy atom. The summed E-state index contributed by atoms with van der Waals surface area (Å²) in [5.41, 5.74) is 2.27. The standard InChI is InChI=1S/C14H19BrN2O2S/c1-4-16-13(18)7-17-14(19)8-20-12-6-9(2)11(15)5-10(12)3/h5-6H,4,7-8H2,1-3H3,(H,16,18)(H,17,19). The highest BCUT2D eigenvalue weighted by atomic mass is 79.9. The lowest BCUT2D eigenvalue weighted by molar-refractivity contribution is -0.124. The minimum absolute atomic E-state index is 0.0333. The van der Waals surface area contributed by atoms with E-state index >= 15 is 0 Å². The number of hydrogen-bond donors (Lipinski definition) is 2. The van der Waals surface area contributed by atoms with Crippen molar-refractivity contribution in [1.82, 2.24) is 10.6 Å². The van der Waals surface area contributed by atoms with Crippen LogP contribution in [0.25, 0.3) is 0 Å². The molecule has 0 bridgehead atoms. The van der Waals surface area contributed by atoms with Crippen LogP contribution in [0, 0.1) is 13.8 Å². The molecule has 0 spiro atoms. The van der Waals surface area contributed by atoms with Gasteiger partial charge in [0.1, 0.15) is 0 Å². The smallest absolute Gasteiger partial charge is 0.239 e. The first kappa shape index (κ1) is 17.0. The van der Waals surface area contributed by atoms with Crippen LogP contribution in [0.3, 0.4) is 0 Å². The predicted molar refractivity (Wildman–Crippen MR) is 86.0 cm³/mol. The Morgan fingerprint density at radius 2 is 1.85 bits per heavy atom. The molecule has 0 saturated heterocycles. The molecule has 0 aliphatic carbocycles. The van der Waals surface area contributed by atoms with Gasteiger partial charge in [-0.05, 0) is 44.0 Å². The van der Waals surface area contributed by atoms with E-state index in [0.717, 1.165) is 20.5 Å². The number of carbonyl (C=O) groups is 2. The van der Waals surface area contributed by atoms with Crippen molar-refractivity contribution in [1.29, 1.82) is 0 Å². The second-order valence-corrected chi connectivity index (χ2v) is 6.26. The van der Waals surface area contributed by atoms with E-state index in [9.17, 15) is 9.59 Å². The Balaban J connectivity index is 2.45. The number of benzene rings is 1. The fraction of sp³-hybridized carbons (Fsp3) is 0.429. The maximum absolute atomic E-state index is 11.7. The lowest BCUT2D eigenvalue weighted by Crippen LogP contribution is -2.37. The van der Waals surface area contributed by atoms with E-state index < -0.39 is 0 Å². The molecule has 0 atom stereocenters. The molecule has 0 unspecified atom stereocenters. The van der Waals surface area contributed by atoms with E-state index in [2.05, 4.69) is 32.6 Å². The van der Waals surface area contributed by atoms with Gasteiger partial charge in [-0.1, -0.05) is 15.9 Å². The summed E-state index contributed by atoms with van der Waals surface area (Å²) in [6.45, 7) is 6.47. The van der Waals surface area contributed by atoms with E-state index in [-0.39, 0.29) is 18.4 Å². The first-order chi connectivity index (χ1) is 9.43. The normalized spacial score (nSPS) is 10.2. The van der Waals surface area contributed by atoms with E-state index in [1.807, 2.05) is 26.8 Å². The van der Waals surface area contributed by atoms with Gasteiger partial charge in [-0.2, -0.15) is 0 Å². The van der Waals surface area contributed by atoms with Crippen molar-refractivity contribution in [2.45, 2.75) is 25.7 Å². The van der Waals surface area contributed by atoms with Crippen LogP contribution in [0.1, 0.15) is 18.1 Å². The van der Waals surface area contributed by atoms with Crippen molar-refractivity contribution in [3.63, 3.8) is 0 Å². The summed E-state index contributed by atoms with van der Waals surface area (Å²) in [7, 11) is 0. The summed E-state index contributed by atoms with van der Waals surface area (Å²) in [6.07, 6.45) is 0. The SMILES string of the molecule is CCNC(=O)CNC(=O)CSc1cc(C)c(Br)cc1C. The van der Waals surface area contributed by atoms with Gasteiger partial charge in [-0.3, -0.25) is 9.59 Å². The number of amides is 2. The van der Waals surface area contributed by atoms with Crippen molar-refractivity contribution < 1.29 is 9.59 Å². The average Bonchev–Trinajstić information content (AvgIpc) is 2.39. The van der Waals surface area contributed by atoms with Gasteiger partial charge in [-0.15, -0.1) is 11.8 Å².